The first kappa shape index (κ1) is 14.0. The van der Waals surface area contributed by atoms with E-state index in [0.29, 0.717) is 5.56 Å². The van der Waals surface area contributed by atoms with E-state index in [1.807, 2.05) is 0 Å². The molecule has 1 amide bonds. The maximum absolute atomic E-state index is 13.9. The number of rotatable bonds is 2. The molecule has 1 atom stereocenters. The molecular weight excluding hydrogens is 299 g/mol. The van der Waals surface area contributed by atoms with E-state index in [1.165, 1.54) is 34.9 Å². The van der Waals surface area contributed by atoms with E-state index in [0.717, 1.165) is 12.1 Å². The van der Waals surface area contributed by atoms with Gasteiger partial charge in [-0.3, -0.25) is 9.69 Å². The highest BCUT2D eigenvalue weighted by molar-refractivity contribution is 8.00. The van der Waals surface area contributed by atoms with Crippen molar-refractivity contribution >= 4 is 23.4 Å². The molecule has 1 heterocycles. The Morgan fingerprint density at radius 3 is 2.33 bits per heavy atom. The third kappa shape index (κ3) is 2.63. The van der Waals surface area contributed by atoms with Crippen molar-refractivity contribution in [2.24, 2.45) is 0 Å². The van der Waals surface area contributed by atoms with E-state index < -0.39 is 17.0 Å². The number of halogens is 3. The van der Waals surface area contributed by atoms with Crippen LogP contribution in [0.4, 0.5) is 18.9 Å². The Labute approximate surface area is 123 Å². The molecule has 0 spiro atoms. The fraction of sp³-hybridized carbons (Fsp3) is 0.133. The average Bonchev–Trinajstić information content (AvgIpc) is 2.82. The first-order valence-electron chi connectivity index (χ1n) is 6.20. The second kappa shape index (κ2) is 5.44. The van der Waals surface area contributed by atoms with E-state index in [1.54, 1.807) is 12.1 Å². The highest BCUT2D eigenvalue weighted by atomic mass is 32.2. The molecule has 0 unspecified atom stereocenters. The third-order valence-electron chi connectivity index (χ3n) is 3.19. The summed E-state index contributed by atoms with van der Waals surface area (Å²) in [5.74, 6) is -1.95. The van der Waals surface area contributed by atoms with Gasteiger partial charge in [0.25, 0.3) is 0 Å². The van der Waals surface area contributed by atoms with Gasteiger partial charge in [-0.15, -0.1) is 11.8 Å². The zero-order chi connectivity index (χ0) is 15.0. The molecule has 0 N–H and O–H groups in total. The molecule has 2 aromatic rings. The second-order valence-corrected chi connectivity index (χ2v) is 5.64. The van der Waals surface area contributed by atoms with Crippen LogP contribution in [0.5, 0.6) is 0 Å². The van der Waals surface area contributed by atoms with Crippen LogP contribution in [-0.2, 0) is 4.79 Å². The van der Waals surface area contributed by atoms with Gasteiger partial charge in [-0.25, -0.2) is 13.2 Å². The molecule has 0 aromatic heterocycles. The molecule has 1 aliphatic heterocycles. The maximum atomic E-state index is 13.9. The molecular formula is C15H10F3NOS. The minimum Gasteiger partial charge on any atom is -0.292 e. The number of anilines is 1. The fourth-order valence-electron chi connectivity index (χ4n) is 2.24. The lowest BCUT2D eigenvalue weighted by molar-refractivity contribution is -0.115. The van der Waals surface area contributed by atoms with Crippen LogP contribution in [0, 0.1) is 17.5 Å². The van der Waals surface area contributed by atoms with Crippen molar-refractivity contribution in [2.75, 3.05) is 10.7 Å². The number of nitrogens with zero attached hydrogens (tertiary/aromatic N) is 1. The van der Waals surface area contributed by atoms with Crippen molar-refractivity contribution in [1.82, 2.24) is 0 Å². The van der Waals surface area contributed by atoms with Crippen LogP contribution in [-0.4, -0.2) is 11.7 Å². The molecule has 3 rings (SSSR count). The van der Waals surface area contributed by atoms with Gasteiger partial charge in [0.05, 0.1) is 11.4 Å². The maximum Gasteiger partial charge on any atom is 0.238 e. The summed E-state index contributed by atoms with van der Waals surface area (Å²) >= 11 is 1.32. The van der Waals surface area contributed by atoms with Gasteiger partial charge < -0.3 is 0 Å². The van der Waals surface area contributed by atoms with Gasteiger partial charge in [-0.2, -0.15) is 0 Å². The van der Waals surface area contributed by atoms with Gasteiger partial charge in [0, 0.05) is 6.07 Å². The standard InChI is InChI=1S/C15H10F3NOS/c16-10-3-1-9(2-4-10)15-19(14(20)8-21-15)13-6-5-11(17)7-12(13)18/h1-7,15H,8H2/t15-/m1/s1. The van der Waals surface area contributed by atoms with Gasteiger partial charge in [0.2, 0.25) is 5.91 Å². The van der Waals surface area contributed by atoms with Gasteiger partial charge in [0.1, 0.15) is 22.8 Å². The molecule has 6 heteroatoms. The number of thioether (sulfide) groups is 1. The van der Waals surface area contributed by atoms with Crippen LogP contribution in [0.15, 0.2) is 42.5 Å². The van der Waals surface area contributed by atoms with Gasteiger partial charge in [-0.1, -0.05) is 12.1 Å². The van der Waals surface area contributed by atoms with Crippen molar-refractivity contribution < 1.29 is 18.0 Å². The summed E-state index contributed by atoms with van der Waals surface area (Å²) < 4.78 is 39.9. The number of amides is 1. The fourth-order valence-corrected chi connectivity index (χ4v) is 3.40. The summed E-state index contributed by atoms with van der Waals surface area (Å²) in [5, 5.41) is -0.446. The van der Waals surface area contributed by atoms with Crippen LogP contribution >= 0.6 is 11.8 Å². The lowest BCUT2D eigenvalue weighted by atomic mass is 10.2. The largest absolute Gasteiger partial charge is 0.292 e. The zero-order valence-electron chi connectivity index (χ0n) is 10.7. The van der Waals surface area contributed by atoms with Crippen LogP contribution in [0.1, 0.15) is 10.9 Å². The summed E-state index contributed by atoms with van der Waals surface area (Å²) in [7, 11) is 0. The highest BCUT2D eigenvalue weighted by Crippen LogP contribution is 2.42. The van der Waals surface area contributed by atoms with E-state index in [2.05, 4.69) is 0 Å². The lowest BCUT2D eigenvalue weighted by Crippen LogP contribution is -2.28. The normalized spacial score (nSPS) is 18.3. The van der Waals surface area contributed by atoms with Crippen LogP contribution in [0.3, 0.4) is 0 Å². The molecule has 21 heavy (non-hydrogen) atoms. The Morgan fingerprint density at radius 1 is 1.00 bits per heavy atom. The monoisotopic (exact) mass is 309 g/mol. The lowest BCUT2D eigenvalue weighted by Gasteiger charge is -2.24. The molecule has 1 saturated heterocycles. The Bertz CT molecular complexity index is 690. The zero-order valence-corrected chi connectivity index (χ0v) is 11.5. The summed E-state index contributed by atoms with van der Waals surface area (Å²) in [5.41, 5.74) is 0.719. The molecule has 2 aromatic carbocycles. The molecule has 1 aliphatic rings. The van der Waals surface area contributed by atoms with E-state index >= 15 is 0 Å². The number of hydrogen-bond donors (Lipinski definition) is 0. The number of benzene rings is 2. The summed E-state index contributed by atoms with van der Waals surface area (Å²) in [6.07, 6.45) is 0. The Kier molecular flexibility index (Phi) is 3.63. The number of carbonyl (C=O) groups excluding carboxylic acids is 1. The SMILES string of the molecule is O=C1CS[C@H](c2ccc(F)cc2)N1c1ccc(F)cc1F. The minimum atomic E-state index is -0.794. The average molecular weight is 309 g/mol. The van der Waals surface area contributed by atoms with E-state index in [4.69, 9.17) is 0 Å². The number of carbonyl (C=O) groups is 1. The second-order valence-electron chi connectivity index (χ2n) is 4.57. The van der Waals surface area contributed by atoms with Crippen molar-refractivity contribution in [2.45, 2.75) is 5.37 Å². The van der Waals surface area contributed by atoms with Gasteiger partial charge in [-0.05, 0) is 29.8 Å². The molecule has 0 aliphatic carbocycles. The number of hydrogen-bond acceptors (Lipinski definition) is 2. The van der Waals surface area contributed by atoms with Crippen molar-refractivity contribution in [3.63, 3.8) is 0 Å². The van der Waals surface area contributed by atoms with Crippen molar-refractivity contribution in [3.05, 3.63) is 65.5 Å². The van der Waals surface area contributed by atoms with Crippen molar-refractivity contribution in [3.8, 4) is 0 Å². The Hall–Kier alpha value is -1.95. The predicted molar refractivity (Wildman–Crippen MR) is 75.4 cm³/mol. The highest BCUT2D eigenvalue weighted by Gasteiger charge is 2.35. The molecule has 0 saturated carbocycles. The predicted octanol–water partition coefficient (Wildman–Crippen LogP) is 3.88. The Balaban J connectivity index is 2.01. The quantitative estimate of drug-likeness (QED) is 0.839. The molecule has 2 nitrogen and oxygen atoms in total. The van der Waals surface area contributed by atoms with E-state index in [-0.39, 0.29) is 23.2 Å². The first-order valence-corrected chi connectivity index (χ1v) is 7.25. The van der Waals surface area contributed by atoms with Crippen LogP contribution in [0.2, 0.25) is 0 Å². The Morgan fingerprint density at radius 2 is 1.67 bits per heavy atom. The van der Waals surface area contributed by atoms with Gasteiger partial charge in [0.15, 0.2) is 0 Å². The minimum absolute atomic E-state index is 0.0284. The van der Waals surface area contributed by atoms with E-state index in [9.17, 15) is 18.0 Å². The molecule has 0 bridgehead atoms. The third-order valence-corrected chi connectivity index (χ3v) is 4.40. The topological polar surface area (TPSA) is 20.3 Å². The summed E-state index contributed by atoms with van der Waals surface area (Å²) in [6.45, 7) is 0. The molecule has 108 valence electrons. The van der Waals surface area contributed by atoms with Crippen molar-refractivity contribution in [1.29, 1.82) is 0 Å². The smallest absolute Gasteiger partial charge is 0.238 e. The first-order chi connectivity index (χ1) is 10.1. The summed E-state index contributed by atoms with van der Waals surface area (Å²) in [4.78, 5) is 13.3. The molecule has 1 fully saturated rings. The van der Waals surface area contributed by atoms with Crippen LogP contribution < -0.4 is 4.90 Å². The van der Waals surface area contributed by atoms with Crippen LogP contribution in [0.25, 0.3) is 0 Å². The molecule has 0 radical (unpaired) electrons. The van der Waals surface area contributed by atoms with Gasteiger partial charge >= 0.3 is 0 Å². The summed E-state index contributed by atoms with van der Waals surface area (Å²) in [6, 6.07) is 8.78.